The van der Waals surface area contributed by atoms with E-state index in [0.717, 1.165) is 30.1 Å². The van der Waals surface area contributed by atoms with Crippen LogP contribution in [0.25, 0.3) is 0 Å². The van der Waals surface area contributed by atoms with Crippen LogP contribution in [0, 0.1) is 12.3 Å². The van der Waals surface area contributed by atoms with Crippen LogP contribution in [0.2, 0.25) is 0 Å². The van der Waals surface area contributed by atoms with Crippen LogP contribution in [0.15, 0.2) is 12.1 Å². The molecule has 0 saturated heterocycles. The Bertz CT molecular complexity index is 400. The van der Waals surface area contributed by atoms with E-state index in [2.05, 4.69) is 44.9 Å². The highest BCUT2D eigenvalue weighted by atomic mass is 16.5. The summed E-state index contributed by atoms with van der Waals surface area (Å²) in [6.07, 6.45) is 0.904. The molecule has 0 aromatic carbocycles. The average molecular weight is 264 g/mol. The fourth-order valence-corrected chi connectivity index (χ4v) is 1.79. The third-order valence-electron chi connectivity index (χ3n) is 3.01. The molecule has 0 saturated carbocycles. The van der Waals surface area contributed by atoms with Crippen molar-refractivity contribution < 1.29 is 4.74 Å². The molecule has 0 aliphatic heterocycles. The Labute approximate surface area is 117 Å². The monoisotopic (exact) mass is 264 g/mol. The predicted molar refractivity (Wildman–Crippen MR) is 80.8 cm³/mol. The van der Waals surface area contributed by atoms with E-state index < -0.39 is 0 Å². The first-order chi connectivity index (χ1) is 8.84. The van der Waals surface area contributed by atoms with Gasteiger partial charge >= 0.3 is 0 Å². The summed E-state index contributed by atoms with van der Waals surface area (Å²) in [6.45, 7) is 14.5. The molecule has 0 aliphatic rings. The molecule has 1 aromatic heterocycles. The topological polar surface area (TPSA) is 34.1 Å². The summed E-state index contributed by atoms with van der Waals surface area (Å²) in [4.78, 5) is 4.53. The molecule has 0 aliphatic carbocycles. The van der Waals surface area contributed by atoms with E-state index >= 15 is 0 Å². The predicted octanol–water partition coefficient (Wildman–Crippen LogP) is 3.36. The molecule has 1 heterocycles. The Morgan fingerprint density at radius 1 is 1.32 bits per heavy atom. The van der Waals surface area contributed by atoms with Crippen molar-refractivity contribution in [3.8, 4) is 5.75 Å². The Kier molecular flexibility index (Phi) is 5.80. The largest absolute Gasteiger partial charge is 0.491 e. The van der Waals surface area contributed by atoms with Crippen molar-refractivity contribution in [1.82, 2.24) is 10.3 Å². The number of aromatic nitrogens is 1. The number of hydrogen-bond acceptors (Lipinski definition) is 3. The highest BCUT2D eigenvalue weighted by Gasteiger charge is 2.19. The van der Waals surface area contributed by atoms with Gasteiger partial charge in [-0.25, -0.2) is 0 Å². The van der Waals surface area contributed by atoms with Crippen LogP contribution >= 0.6 is 0 Å². The second-order valence-electron chi connectivity index (χ2n) is 6.24. The first-order valence-corrected chi connectivity index (χ1v) is 7.17. The minimum atomic E-state index is 0.111. The molecule has 3 heteroatoms. The number of pyridine rings is 1. The van der Waals surface area contributed by atoms with Gasteiger partial charge < -0.3 is 10.1 Å². The van der Waals surface area contributed by atoms with Crippen molar-refractivity contribution in [3.63, 3.8) is 0 Å². The summed E-state index contributed by atoms with van der Waals surface area (Å²) in [5.41, 5.74) is 2.21. The second kappa shape index (κ2) is 6.90. The third kappa shape index (κ3) is 5.60. The van der Waals surface area contributed by atoms with Gasteiger partial charge in [0.05, 0.1) is 12.3 Å². The zero-order chi connectivity index (χ0) is 14.5. The maximum absolute atomic E-state index is 5.98. The smallest absolute Gasteiger partial charge is 0.140 e. The van der Waals surface area contributed by atoms with Gasteiger partial charge in [0, 0.05) is 23.7 Å². The van der Waals surface area contributed by atoms with Crippen LogP contribution < -0.4 is 10.1 Å². The average Bonchev–Trinajstić information content (AvgIpc) is 2.35. The first kappa shape index (κ1) is 16.0. The van der Waals surface area contributed by atoms with E-state index in [1.165, 1.54) is 0 Å². The molecule has 1 aromatic rings. The Morgan fingerprint density at radius 2 is 2.00 bits per heavy atom. The van der Waals surface area contributed by atoms with E-state index in [9.17, 15) is 0 Å². The SMILES string of the molecule is CCc1nc(C)ccc1OCC(C)(C)CNC(C)C. The summed E-state index contributed by atoms with van der Waals surface area (Å²) in [6, 6.07) is 4.55. The summed E-state index contributed by atoms with van der Waals surface area (Å²) in [7, 11) is 0. The van der Waals surface area contributed by atoms with Gasteiger partial charge in [-0.05, 0) is 25.5 Å². The molecular formula is C16H28N2O. The molecule has 0 bridgehead atoms. The molecule has 0 amide bonds. The number of ether oxygens (including phenoxy) is 1. The number of nitrogens with zero attached hydrogens (tertiary/aromatic N) is 1. The van der Waals surface area contributed by atoms with Crippen LogP contribution in [-0.2, 0) is 6.42 Å². The molecule has 0 radical (unpaired) electrons. The van der Waals surface area contributed by atoms with Gasteiger partial charge in [0.25, 0.3) is 0 Å². The van der Waals surface area contributed by atoms with Crippen LogP contribution in [0.5, 0.6) is 5.75 Å². The van der Waals surface area contributed by atoms with Gasteiger partial charge in [0.1, 0.15) is 5.75 Å². The van der Waals surface area contributed by atoms with Crippen molar-refractivity contribution in [2.75, 3.05) is 13.2 Å². The standard InChI is InChI=1S/C16H28N2O/c1-7-14-15(9-8-13(4)18-14)19-11-16(5,6)10-17-12(2)3/h8-9,12,17H,7,10-11H2,1-6H3. The van der Waals surface area contributed by atoms with Gasteiger partial charge in [0.15, 0.2) is 0 Å². The zero-order valence-electron chi connectivity index (χ0n) is 13.2. The minimum Gasteiger partial charge on any atom is -0.491 e. The molecule has 0 atom stereocenters. The van der Waals surface area contributed by atoms with Gasteiger partial charge in [-0.2, -0.15) is 0 Å². The van der Waals surface area contributed by atoms with Crippen LogP contribution in [0.3, 0.4) is 0 Å². The van der Waals surface area contributed by atoms with Crippen molar-refractivity contribution in [3.05, 3.63) is 23.5 Å². The first-order valence-electron chi connectivity index (χ1n) is 7.17. The van der Waals surface area contributed by atoms with Crippen molar-refractivity contribution in [2.24, 2.45) is 5.41 Å². The quantitative estimate of drug-likeness (QED) is 0.820. The molecule has 19 heavy (non-hydrogen) atoms. The lowest BCUT2D eigenvalue weighted by molar-refractivity contribution is 0.172. The molecule has 0 fully saturated rings. The Hall–Kier alpha value is -1.09. The van der Waals surface area contributed by atoms with E-state index in [0.29, 0.717) is 12.6 Å². The lowest BCUT2D eigenvalue weighted by atomic mass is 9.94. The van der Waals surface area contributed by atoms with Gasteiger partial charge in [-0.15, -0.1) is 0 Å². The normalized spacial score (nSPS) is 11.9. The molecule has 0 spiro atoms. The molecule has 0 unspecified atom stereocenters. The summed E-state index contributed by atoms with van der Waals surface area (Å²) < 4.78 is 5.98. The maximum atomic E-state index is 5.98. The van der Waals surface area contributed by atoms with Crippen LogP contribution in [-0.4, -0.2) is 24.2 Å². The molecule has 108 valence electrons. The van der Waals surface area contributed by atoms with E-state index in [1.54, 1.807) is 0 Å². The third-order valence-corrected chi connectivity index (χ3v) is 3.01. The lowest BCUT2D eigenvalue weighted by Crippen LogP contribution is -2.37. The second-order valence-corrected chi connectivity index (χ2v) is 6.24. The van der Waals surface area contributed by atoms with E-state index in [4.69, 9.17) is 4.74 Å². The molecule has 1 N–H and O–H groups in total. The molecular weight excluding hydrogens is 236 g/mol. The lowest BCUT2D eigenvalue weighted by Gasteiger charge is -2.26. The zero-order valence-corrected chi connectivity index (χ0v) is 13.2. The highest BCUT2D eigenvalue weighted by Crippen LogP contribution is 2.21. The van der Waals surface area contributed by atoms with Crippen LogP contribution in [0.1, 0.15) is 46.0 Å². The minimum absolute atomic E-state index is 0.111. The molecule has 3 nitrogen and oxygen atoms in total. The highest BCUT2D eigenvalue weighted by molar-refractivity contribution is 5.29. The number of rotatable bonds is 7. The van der Waals surface area contributed by atoms with Crippen LogP contribution in [0.4, 0.5) is 0 Å². The summed E-state index contributed by atoms with van der Waals surface area (Å²) in [5.74, 6) is 0.922. The fraction of sp³-hybridized carbons (Fsp3) is 0.688. The number of aryl methyl sites for hydroxylation is 2. The molecule has 1 rings (SSSR count). The Balaban J connectivity index is 2.60. The Morgan fingerprint density at radius 3 is 2.58 bits per heavy atom. The fourth-order valence-electron chi connectivity index (χ4n) is 1.79. The van der Waals surface area contributed by atoms with E-state index in [1.807, 2.05) is 19.1 Å². The van der Waals surface area contributed by atoms with Gasteiger partial charge in [-0.1, -0.05) is 34.6 Å². The number of nitrogens with one attached hydrogen (secondary N) is 1. The van der Waals surface area contributed by atoms with Gasteiger partial charge in [0.2, 0.25) is 0 Å². The summed E-state index contributed by atoms with van der Waals surface area (Å²) in [5, 5.41) is 3.46. The van der Waals surface area contributed by atoms with Crippen molar-refractivity contribution in [1.29, 1.82) is 0 Å². The number of hydrogen-bond donors (Lipinski definition) is 1. The van der Waals surface area contributed by atoms with Crippen molar-refractivity contribution in [2.45, 2.75) is 54.0 Å². The van der Waals surface area contributed by atoms with Gasteiger partial charge in [-0.3, -0.25) is 4.98 Å². The summed E-state index contributed by atoms with van der Waals surface area (Å²) >= 11 is 0. The van der Waals surface area contributed by atoms with E-state index in [-0.39, 0.29) is 5.41 Å². The maximum Gasteiger partial charge on any atom is 0.140 e. The van der Waals surface area contributed by atoms with Crippen molar-refractivity contribution >= 4 is 0 Å².